The second-order valence-corrected chi connectivity index (χ2v) is 7.06. The predicted octanol–water partition coefficient (Wildman–Crippen LogP) is 4.42. The molecule has 1 heterocycles. The summed E-state index contributed by atoms with van der Waals surface area (Å²) < 4.78 is 11.5. The Balaban J connectivity index is 2.02. The molecule has 25 heavy (non-hydrogen) atoms. The van der Waals surface area contributed by atoms with E-state index < -0.39 is 12.9 Å². The molecule has 0 saturated carbocycles. The van der Waals surface area contributed by atoms with Crippen LogP contribution in [0.5, 0.6) is 5.75 Å². The molecule has 1 aromatic heterocycles. The minimum absolute atomic E-state index is 0.342. The molecule has 0 fully saturated rings. The number of hydrogen-bond acceptors (Lipinski definition) is 5. The smallest absolute Gasteiger partial charge is 0.197 e. The molecule has 0 bridgehead atoms. The first-order valence-electron chi connectivity index (χ1n) is 8.63. The van der Waals surface area contributed by atoms with Gasteiger partial charge in [0.1, 0.15) is 12.4 Å². The second-order valence-electron chi connectivity index (χ2n) is 6.03. The van der Waals surface area contributed by atoms with Gasteiger partial charge in [0.25, 0.3) is 0 Å². The van der Waals surface area contributed by atoms with Gasteiger partial charge in [-0.05, 0) is 48.4 Å². The van der Waals surface area contributed by atoms with E-state index >= 15 is 0 Å². The third kappa shape index (κ3) is 5.66. The number of carbonyl (C=O) groups excluding carboxylic acids is 1. The fourth-order valence-electron chi connectivity index (χ4n) is 2.49. The zero-order valence-corrected chi connectivity index (χ0v) is 15.8. The highest BCUT2D eigenvalue weighted by molar-refractivity contribution is 7.09. The van der Waals surface area contributed by atoms with Crippen LogP contribution in [0.3, 0.4) is 0 Å². The van der Waals surface area contributed by atoms with Crippen LogP contribution in [0, 0.1) is 0 Å². The predicted molar refractivity (Wildman–Crippen MR) is 101 cm³/mol. The molecule has 2 unspecified atom stereocenters. The van der Waals surface area contributed by atoms with Gasteiger partial charge < -0.3 is 14.6 Å². The van der Waals surface area contributed by atoms with Crippen molar-refractivity contribution in [2.24, 2.45) is 0 Å². The SMILES string of the molecule is CCC(C)c1ccc(OC(C)OCCc2cccs2)c(C(=O)CO)c1. The molecule has 0 spiro atoms. The maximum atomic E-state index is 12.1. The largest absolute Gasteiger partial charge is 0.464 e. The summed E-state index contributed by atoms with van der Waals surface area (Å²) in [5, 5.41) is 11.3. The van der Waals surface area contributed by atoms with Crippen molar-refractivity contribution in [2.75, 3.05) is 13.2 Å². The maximum absolute atomic E-state index is 12.1. The number of Topliss-reactive ketones (excluding diaryl/α,β-unsaturated/α-hetero) is 1. The molecule has 1 aromatic carbocycles. The number of benzene rings is 1. The van der Waals surface area contributed by atoms with Gasteiger partial charge in [-0.1, -0.05) is 26.0 Å². The molecule has 2 atom stereocenters. The van der Waals surface area contributed by atoms with E-state index in [1.807, 2.05) is 30.5 Å². The van der Waals surface area contributed by atoms with E-state index in [1.165, 1.54) is 4.88 Å². The molecular weight excluding hydrogens is 336 g/mol. The lowest BCUT2D eigenvalue weighted by molar-refractivity contribution is -0.0655. The summed E-state index contributed by atoms with van der Waals surface area (Å²) >= 11 is 1.70. The third-order valence-electron chi connectivity index (χ3n) is 4.20. The van der Waals surface area contributed by atoms with Gasteiger partial charge in [-0.3, -0.25) is 4.79 Å². The molecule has 0 radical (unpaired) electrons. The third-order valence-corrected chi connectivity index (χ3v) is 5.14. The van der Waals surface area contributed by atoms with Crippen LogP contribution >= 0.6 is 11.3 Å². The van der Waals surface area contributed by atoms with Crippen LogP contribution in [-0.2, 0) is 11.2 Å². The number of ether oxygens (including phenoxy) is 2. The summed E-state index contributed by atoms with van der Waals surface area (Å²) in [6.07, 6.45) is 1.34. The van der Waals surface area contributed by atoms with Gasteiger partial charge in [0.15, 0.2) is 12.1 Å². The molecule has 0 aliphatic rings. The van der Waals surface area contributed by atoms with Gasteiger partial charge >= 0.3 is 0 Å². The Morgan fingerprint density at radius 2 is 2.08 bits per heavy atom. The Bertz CT molecular complexity index is 666. The Labute approximate surface area is 153 Å². The topological polar surface area (TPSA) is 55.8 Å². The first kappa shape index (κ1) is 19.6. The van der Waals surface area contributed by atoms with Crippen molar-refractivity contribution in [3.8, 4) is 5.75 Å². The number of hydrogen-bond donors (Lipinski definition) is 1. The van der Waals surface area contributed by atoms with Crippen LogP contribution in [0.2, 0.25) is 0 Å². The molecular formula is C20H26O4S. The molecule has 4 nitrogen and oxygen atoms in total. The molecule has 0 saturated heterocycles. The highest BCUT2D eigenvalue weighted by atomic mass is 32.1. The van der Waals surface area contributed by atoms with Crippen LogP contribution in [0.1, 0.15) is 53.9 Å². The Hall–Kier alpha value is -1.69. The van der Waals surface area contributed by atoms with Crippen molar-refractivity contribution in [3.05, 3.63) is 51.7 Å². The monoisotopic (exact) mass is 362 g/mol. The zero-order chi connectivity index (χ0) is 18.2. The fraction of sp³-hybridized carbons (Fsp3) is 0.450. The van der Waals surface area contributed by atoms with Gasteiger partial charge in [-0.15, -0.1) is 11.3 Å². The van der Waals surface area contributed by atoms with Crippen molar-refractivity contribution in [2.45, 2.75) is 45.8 Å². The molecule has 5 heteroatoms. The highest BCUT2D eigenvalue weighted by Gasteiger charge is 2.17. The zero-order valence-electron chi connectivity index (χ0n) is 15.0. The highest BCUT2D eigenvalue weighted by Crippen LogP contribution is 2.27. The minimum atomic E-state index is -0.534. The standard InChI is InChI=1S/C20H26O4S/c1-4-14(2)16-7-8-20(18(12-16)19(22)13-21)24-15(3)23-10-9-17-6-5-11-25-17/h5-8,11-12,14-15,21H,4,9-10,13H2,1-3H3. The Morgan fingerprint density at radius 1 is 1.28 bits per heavy atom. The lowest BCUT2D eigenvalue weighted by atomic mass is 9.95. The summed E-state index contributed by atoms with van der Waals surface area (Å²) in [6.45, 7) is 6.04. The van der Waals surface area contributed by atoms with Crippen molar-refractivity contribution < 1.29 is 19.4 Å². The normalized spacial score (nSPS) is 13.4. The van der Waals surface area contributed by atoms with E-state index in [4.69, 9.17) is 9.47 Å². The summed E-state index contributed by atoms with van der Waals surface area (Å²) in [7, 11) is 0. The van der Waals surface area contributed by atoms with E-state index in [1.54, 1.807) is 17.4 Å². The quantitative estimate of drug-likeness (QED) is 0.502. The van der Waals surface area contributed by atoms with E-state index in [0.29, 0.717) is 23.8 Å². The first-order valence-corrected chi connectivity index (χ1v) is 9.51. The Morgan fingerprint density at radius 3 is 2.72 bits per heavy atom. The van der Waals surface area contributed by atoms with Gasteiger partial charge in [-0.25, -0.2) is 0 Å². The van der Waals surface area contributed by atoms with E-state index in [2.05, 4.69) is 19.9 Å². The number of aliphatic hydroxyl groups is 1. The van der Waals surface area contributed by atoms with Crippen LogP contribution in [0.25, 0.3) is 0 Å². The van der Waals surface area contributed by atoms with Gasteiger partial charge in [0, 0.05) is 11.3 Å². The maximum Gasteiger partial charge on any atom is 0.197 e. The number of carbonyl (C=O) groups is 1. The number of ketones is 1. The second kappa shape index (κ2) is 9.70. The average Bonchev–Trinajstić information content (AvgIpc) is 3.14. The lowest BCUT2D eigenvalue weighted by Crippen LogP contribution is -2.20. The van der Waals surface area contributed by atoms with E-state index in [-0.39, 0.29) is 5.78 Å². The van der Waals surface area contributed by atoms with E-state index in [9.17, 15) is 9.90 Å². The molecule has 0 amide bonds. The Kier molecular flexibility index (Phi) is 7.62. The number of thiophene rings is 1. The fourth-order valence-corrected chi connectivity index (χ4v) is 3.18. The van der Waals surface area contributed by atoms with E-state index in [0.717, 1.165) is 18.4 Å². The molecule has 1 N–H and O–H groups in total. The van der Waals surface area contributed by atoms with Crippen LogP contribution < -0.4 is 4.74 Å². The summed E-state index contributed by atoms with van der Waals surface area (Å²) in [5.74, 6) is 0.458. The number of rotatable bonds is 10. The lowest BCUT2D eigenvalue weighted by Gasteiger charge is -2.19. The average molecular weight is 362 g/mol. The number of aliphatic hydroxyl groups excluding tert-OH is 1. The van der Waals surface area contributed by atoms with Gasteiger partial charge in [0.05, 0.1) is 12.2 Å². The van der Waals surface area contributed by atoms with Gasteiger partial charge in [0.2, 0.25) is 0 Å². The van der Waals surface area contributed by atoms with Crippen molar-refractivity contribution in [1.29, 1.82) is 0 Å². The molecule has 2 rings (SSSR count). The first-order chi connectivity index (χ1) is 12.0. The summed E-state index contributed by atoms with van der Waals surface area (Å²) in [5.41, 5.74) is 1.48. The summed E-state index contributed by atoms with van der Waals surface area (Å²) in [4.78, 5) is 13.3. The van der Waals surface area contributed by atoms with Crippen molar-refractivity contribution >= 4 is 17.1 Å². The molecule has 0 aliphatic heterocycles. The molecule has 2 aromatic rings. The molecule has 136 valence electrons. The van der Waals surface area contributed by atoms with Crippen molar-refractivity contribution in [1.82, 2.24) is 0 Å². The summed E-state index contributed by atoms with van der Waals surface area (Å²) in [6, 6.07) is 9.68. The van der Waals surface area contributed by atoms with Crippen LogP contribution in [0.4, 0.5) is 0 Å². The van der Waals surface area contributed by atoms with Gasteiger partial charge in [-0.2, -0.15) is 0 Å². The van der Waals surface area contributed by atoms with Crippen LogP contribution in [-0.4, -0.2) is 30.4 Å². The minimum Gasteiger partial charge on any atom is -0.464 e. The molecule has 0 aliphatic carbocycles. The van der Waals surface area contributed by atoms with Crippen LogP contribution in [0.15, 0.2) is 35.7 Å². The van der Waals surface area contributed by atoms with Crippen molar-refractivity contribution in [3.63, 3.8) is 0 Å².